The van der Waals surface area contributed by atoms with Crippen molar-refractivity contribution in [3.8, 4) is 0 Å². The number of carbonyl (C=O) groups excluding carboxylic acids is 1. The van der Waals surface area contributed by atoms with E-state index in [1.807, 2.05) is 6.07 Å². The number of ether oxygens (including phenoxy) is 1. The normalized spacial score (nSPS) is 19.5. The number of hydrogen-bond acceptors (Lipinski definition) is 3. The maximum absolute atomic E-state index is 12.3. The molecule has 0 heterocycles. The molecule has 0 fully saturated rings. The molecule has 1 aromatic rings. The van der Waals surface area contributed by atoms with Crippen molar-refractivity contribution in [1.29, 1.82) is 0 Å². The van der Waals surface area contributed by atoms with Crippen molar-refractivity contribution in [2.45, 2.75) is 23.3 Å². The number of halogens is 2. The summed E-state index contributed by atoms with van der Waals surface area (Å²) >= 11 is 12.0. The number of allylic oxidation sites excluding steroid dienone is 2. The number of benzene rings is 1. The third-order valence-corrected chi connectivity index (χ3v) is 3.84. The van der Waals surface area contributed by atoms with Gasteiger partial charge in [-0.15, -0.1) is 0 Å². The van der Waals surface area contributed by atoms with Crippen LogP contribution in [0.2, 0.25) is 0 Å². The lowest BCUT2D eigenvalue weighted by atomic mass is 9.83. The third kappa shape index (κ3) is 3.31. The Balaban J connectivity index is 2.46. The summed E-state index contributed by atoms with van der Waals surface area (Å²) in [6, 6.07) is 8.66. The molecule has 1 aliphatic rings. The molecule has 1 atom stereocenters. The molecular formula is C16H16Cl2O3. The highest BCUT2D eigenvalue weighted by Crippen LogP contribution is 2.39. The van der Waals surface area contributed by atoms with E-state index in [0.717, 1.165) is 0 Å². The monoisotopic (exact) mass is 326 g/mol. The van der Waals surface area contributed by atoms with Crippen LogP contribution in [0.5, 0.6) is 0 Å². The summed E-state index contributed by atoms with van der Waals surface area (Å²) in [6.45, 7) is 1.87. The Morgan fingerprint density at radius 2 is 2.05 bits per heavy atom. The van der Waals surface area contributed by atoms with E-state index in [1.165, 1.54) is 0 Å². The Morgan fingerprint density at radius 3 is 2.57 bits per heavy atom. The minimum absolute atomic E-state index is 0.180. The van der Waals surface area contributed by atoms with Gasteiger partial charge in [-0.2, -0.15) is 0 Å². The van der Waals surface area contributed by atoms with Gasteiger partial charge in [0.1, 0.15) is 4.33 Å². The topological polar surface area (TPSA) is 46.5 Å². The molecule has 0 bridgehead atoms. The number of carbonyl (C=O) groups is 1. The lowest BCUT2D eigenvalue weighted by molar-refractivity contribution is -0.161. The third-order valence-electron chi connectivity index (χ3n) is 3.28. The van der Waals surface area contributed by atoms with Crippen molar-refractivity contribution in [1.82, 2.24) is 0 Å². The van der Waals surface area contributed by atoms with Crippen molar-refractivity contribution < 1.29 is 14.6 Å². The second kappa shape index (κ2) is 6.22. The Morgan fingerprint density at radius 1 is 1.38 bits per heavy atom. The molecule has 0 aliphatic heterocycles. The van der Waals surface area contributed by atoms with Gasteiger partial charge in [0.15, 0.2) is 0 Å². The second-order valence-corrected chi connectivity index (χ2v) is 6.30. The zero-order valence-corrected chi connectivity index (χ0v) is 13.1. The minimum atomic E-state index is -1.86. The van der Waals surface area contributed by atoms with Crippen LogP contribution in [0.25, 0.3) is 0 Å². The number of hydrogen-bond donors (Lipinski definition) is 1. The fourth-order valence-electron chi connectivity index (χ4n) is 2.18. The quantitative estimate of drug-likeness (QED) is 0.680. The van der Waals surface area contributed by atoms with E-state index >= 15 is 0 Å². The standard InChI is InChI=1S/C16H16Cl2O3/c1-2-21-14(19)16(20,12-6-4-3-5-7-12)13-8-10-15(17,18)11-9-13/h3-10,20H,2,11H2,1H3. The zero-order valence-electron chi connectivity index (χ0n) is 11.6. The van der Waals surface area contributed by atoms with Crippen LogP contribution in [0.3, 0.4) is 0 Å². The van der Waals surface area contributed by atoms with Gasteiger partial charge < -0.3 is 9.84 Å². The first-order chi connectivity index (χ1) is 9.90. The van der Waals surface area contributed by atoms with Gasteiger partial charge in [0, 0.05) is 6.42 Å². The Kier molecular flexibility index (Phi) is 4.77. The highest BCUT2D eigenvalue weighted by Gasteiger charge is 2.43. The first-order valence-electron chi connectivity index (χ1n) is 6.63. The molecule has 1 aromatic carbocycles. The van der Waals surface area contributed by atoms with E-state index in [0.29, 0.717) is 17.6 Å². The maximum atomic E-state index is 12.3. The first kappa shape index (κ1) is 16.1. The van der Waals surface area contributed by atoms with Crippen LogP contribution < -0.4 is 0 Å². The van der Waals surface area contributed by atoms with Crippen LogP contribution in [0.15, 0.2) is 54.1 Å². The summed E-state index contributed by atoms with van der Waals surface area (Å²) in [5, 5.41) is 11.0. The van der Waals surface area contributed by atoms with Crippen LogP contribution in [0.4, 0.5) is 0 Å². The van der Waals surface area contributed by atoms with E-state index < -0.39 is 15.9 Å². The Labute approximate surface area is 133 Å². The molecule has 0 radical (unpaired) electrons. The van der Waals surface area contributed by atoms with E-state index in [9.17, 15) is 9.90 Å². The molecule has 21 heavy (non-hydrogen) atoms. The van der Waals surface area contributed by atoms with Crippen molar-refractivity contribution >= 4 is 29.2 Å². The van der Waals surface area contributed by atoms with Gasteiger partial charge in [0.2, 0.25) is 5.60 Å². The van der Waals surface area contributed by atoms with Gasteiger partial charge in [-0.05, 0) is 24.1 Å². The molecule has 3 nitrogen and oxygen atoms in total. The molecule has 0 amide bonds. The first-order valence-corrected chi connectivity index (χ1v) is 7.38. The predicted molar refractivity (Wildman–Crippen MR) is 83.2 cm³/mol. The summed E-state index contributed by atoms with van der Waals surface area (Å²) < 4.78 is 4.02. The highest BCUT2D eigenvalue weighted by molar-refractivity contribution is 6.50. The predicted octanol–water partition coefficient (Wildman–Crippen LogP) is 3.50. The van der Waals surface area contributed by atoms with E-state index in [4.69, 9.17) is 27.9 Å². The minimum Gasteiger partial charge on any atom is -0.463 e. The molecular weight excluding hydrogens is 311 g/mol. The summed E-state index contributed by atoms with van der Waals surface area (Å²) in [6.07, 6.45) is 5.08. The Bertz CT molecular complexity index is 578. The summed E-state index contributed by atoms with van der Waals surface area (Å²) in [5.74, 6) is -0.719. The van der Waals surface area contributed by atoms with Crippen molar-refractivity contribution in [3.63, 3.8) is 0 Å². The molecule has 112 valence electrons. The number of esters is 1. The van der Waals surface area contributed by atoms with E-state index in [2.05, 4.69) is 0 Å². The fourth-order valence-corrected chi connectivity index (χ4v) is 2.46. The van der Waals surface area contributed by atoms with Crippen molar-refractivity contribution in [2.75, 3.05) is 6.61 Å². The van der Waals surface area contributed by atoms with Crippen LogP contribution in [-0.4, -0.2) is 22.0 Å². The largest absolute Gasteiger partial charge is 0.463 e. The van der Waals surface area contributed by atoms with Gasteiger partial charge in [0.05, 0.1) is 6.61 Å². The lowest BCUT2D eigenvalue weighted by Crippen LogP contribution is -2.39. The zero-order chi connectivity index (χ0) is 15.5. The molecule has 2 rings (SSSR count). The number of alkyl halides is 2. The molecule has 1 aliphatic carbocycles. The Hall–Kier alpha value is -1.29. The van der Waals surface area contributed by atoms with Crippen LogP contribution in [-0.2, 0) is 15.1 Å². The highest BCUT2D eigenvalue weighted by atomic mass is 35.5. The second-order valence-electron chi connectivity index (χ2n) is 4.75. The molecule has 1 unspecified atom stereocenters. The molecule has 0 spiro atoms. The number of rotatable bonds is 4. The van der Waals surface area contributed by atoms with Gasteiger partial charge >= 0.3 is 5.97 Å². The maximum Gasteiger partial charge on any atom is 0.347 e. The van der Waals surface area contributed by atoms with E-state index in [1.54, 1.807) is 49.4 Å². The molecule has 1 N–H and O–H groups in total. The average Bonchev–Trinajstić information content (AvgIpc) is 2.47. The average molecular weight is 327 g/mol. The SMILES string of the molecule is CCOC(=O)C(O)(C1=CCC(Cl)(Cl)C=C1)c1ccccc1. The van der Waals surface area contributed by atoms with E-state index in [-0.39, 0.29) is 6.61 Å². The smallest absolute Gasteiger partial charge is 0.347 e. The summed E-state index contributed by atoms with van der Waals surface area (Å²) in [7, 11) is 0. The summed E-state index contributed by atoms with van der Waals surface area (Å²) in [5.41, 5.74) is -1.02. The van der Waals surface area contributed by atoms with Crippen LogP contribution in [0, 0.1) is 0 Å². The van der Waals surface area contributed by atoms with Crippen molar-refractivity contribution in [3.05, 3.63) is 59.7 Å². The number of aliphatic hydroxyl groups is 1. The van der Waals surface area contributed by atoms with Crippen molar-refractivity contribution in [2.24, 2.45) is 0 Å². The molecule has 0 saturated carbocycles. The van der Waals surface area contributed by atoms with Gasteiger partial charge in [0.25, 0.3) is 0 Å². The van der Waals surface area contributed by atoms with Gasteiger partial charge in [-0.25, -0.2) is 4.79 Å². The molecule has 0 saturated heterocycles. The van der Waals surface area contributed by atoms with Gasteiger partial charge in [-0.1, -0.05) is 65.7 Å². The molecule has 5 heteroatoms. The summed E-state index contributed by atoms with van der Waals surface area (Å²) in [4.78, 5) is 12.3. The lowest BCUT2D eigenvalue weighted by Gasteiger charge is -2.30. The van der Waals surface area contributed by atoms with Gasteiger partial charge in [-0.3, -0.25) is 0 Å². The van der Waals surface area contributed by atoms with Crippen LogP contribution >= 0.6 is 23.2 Å². The fraction of sp³-hybridized carbons (Fsp3) is 0.312. The van der Waals surface area contributed by atoms with Crippen LogP contribution in [0.1, 0.15) is 18.9 Å². The molecule has 0 aromatic heterocycles.